The second-order valence-electron chi connectivity index (χ2n) is 7.95. The third kappa shape index (κ3) is 7.51. The van der Waals surface area contributed by atoms with Crippen molar-refractivity contribution in [3.8, 4) is 0 Å². The van der Waals surface area contributed by atoms with E-state index in [0.29, 0.717) is 36.1 Å². The lowest BCUT2D eigenvalue weighted by molar-refractivity contribution is -0.120. The van der Waals surface area contributed by atoms with Gasteiger partial charge in [-0.25, -0.2) is 0 Å². The molecule has 0 saturated carbocycles. The smallest absolute Gasteiger partial charge is 0.200 e. The summed E-state index contributed by atoms with van der Waals surface area (Å²) in [6, 6.07) is -0.579. The molecule has 0 amide bonds. The first kappa shape index (κ1) is 24.2. The molecule has 0 saturated heterocycles. The molecule has 0 unspecified atom stereocenters. The number of carbonyl (C=O) groups excluding carboxylic acids is 1. The number of carbonyl (C=O) groups is 1. The number of azide groups is 1. The Hall–Kier alpha value is -0.843. The fourth-order valence-electron chi connectivity index (χ4n) is 4.09. The molecule has 0 aromatic rings. The standard InChI is InChI=1S/C19H39N3O2Si/c1-8-9-10-11-12-19(23)18(21-22-20)13-14-24-25(15(2)3,16(4)5)17(6)7/h15-18H,8-14H2,1-7H3/t18-/m0/s1. The molecule has 0 heterocycles. The van der Waals surface area contributed by atoms with E-state index in [1.807, 2.05) is 0 Å². The molecule has 0 radical (unpaired) electrons. The van der Waals surface area contributed by atoms with Crippen LogP contribution >= 0.6 is 0 Å². The lowest BCUT2D eigenvalue weighted by Gasteiger charge is -2.42. The number of Topliss-reactive ketones (excluding diaryl/α,β-unsaturated/α-hetero) is 1. The van der Waals surface area contributed by atoms with Crippen LogP contribution in [0.1, 0.15) is 87.0 Å². The van der Waals surface area contributed by atoms with Crippen LogP contribution in [0.3, 0.4) is 0 Å². The van der Waals surface area contributed by atoms with Crippen LogP contribution in [0, 0.1) is 0 Å². The topological polar surface area (TPSA) is 75.1 Å². The Morgan fingerprint density at radius 3 is 2.04 bits per heavy atom. The molecule has 0 aliphatic rings. The van der Waals surface area contributed by atoms with Crippen molar-refractivity contribution in [1.29, 1.82) is 0 Å². The number of hydrogen-bond acceptors (Lipinski definition) is 3. The third-order valence-corrected chi connectivity index (χ3v) is 11.4. The molecule has 146 valence electrons. The van der Waals surface area contributed by atoms with Crippen LogP contribution in [-0.4, -0.2) is 26.7 Å². The molecule has 5 nitrogen and oxygen atoms in total. The molecule has 0 rings (SSSR count). The number of hydrogen-bond donors (Lipinski definition) is 0. The molecule has 6 heteroatoms. The second kappa shape index (κ2) is 12.5. The van der Waals surface area contributed by atoms with Crippen molar-refractivity contribution in [1.82, 2.24) is 0 Å². The van der Waals surface area contributed by atoms with Crippen LogP contribution in [0.25, 0.3) is 10.4 Å². The number of unbranched alkanes of at least 4 members (excludes halogenated alkanes) is 3. The predicted octanol–water partition coefficient (Wildman–Crippen LogP) is 6.79. The Kier molecular flexibility index (Phi) is 12.1. The molecule has 0 N–H and O–H groups in total. The van der Waals surface area contributed by atoms with Gasteiger partial charge in [0.25, 0.3) is 0 Å². The summed E-state index contributed by atoms with van der Waals surface area (Å²) in [5, 5.41) is 3.74. The Morgan fingerprint density at radius 1 is 1.04 bits per heavy atom. The van der Waals surface area contributed by atoms with E-state index in [9.17, 15) is 4.79 Å². The second-order valence-corrected chi connectivity index (χ2v) is 13.4. The first-order valence-corrected chi connectivity index (χ1v) is 12.1. The van der Waals surface area contributed by atoms with E-state index in [-0.39, 0.29) is 5.78 Å². The fourth-order valence-corrected chi connectivity index (χ4v) is 9.56. The highest BCUT2D eigenvalue weighted by atomic mass is 28.4. The zero-order valence-electron chi connectivity index (χ0n) is 17.4. The number of nitrogens with zero attached hydrogens (tertiary/aromatic N) is 3. The number of ketones is 1. The Balaban J connectivity index is 4.79. The van der Waals surface area contributed by atoms with Crippen molar-refractivity contribution in [3.05, 3.63) is 10.4 Å². The average molecular weight is 370 g/mol. The Bertz CT molecular complexity index is 411. The summed E-state index contributed by atoms with van der Waals surface area (Å²) in [6.07, 6.45) is 5.24. The summed E-state index contributed by atoms with van der Waals surface area (Å²) in [5.41, 5.74) is 10.3. The van der Waals surface area contributed by atoms with Gasteiger partial charge in [-0.1, -0.05) is 72.8 Å². The summed E-state index contributed by atoms with van der Waals surface area (Å²) in [5.74, 6) is 0.0587. The largest absolute Gasteiger partial charge is 0.416 e. The Morgan fingerprint density at radius 2 is 1.60 bits per heavy atom. The highest BCUT2D eigenvalue weighted by Crippen LogP contribution is 2.42. The molecule has 25 heavy (non-hydrogen) atoms. The van der Waals surface area contributed by atoms with Crippen LogP contribution < -0.4 is 0 Å². The molecule has 0 aliphatic heterocycles. The summed E-state index contributed by atoms with van der Waals surface area (Å²) in [7, 11) is -1.93. The van der Waals surface area contributed by atoms with E-state index < -0.39 is 14.4 Å². The molecule has 1 atom stereocenters. The summed E-state index contributed by atoms with van der Waals surface area (Å²) < 4.78 is 6.49. The van der Waals surface area contributed by atoms with E-state index in [1.54, 1.807) is 0 Å². The van der Waals surface area contributed by atoms with Gasteiger partial charge in [-0.3, -0.25) is 4.79 Å². The van der Waals surface area contributed by atoms with Gasteiger partial charge in [-0.05, 0) is 35.0 Å². The fraction of sp³-hybridized carbons (Fsp3) is 0.947. The van der Waals surface area contributed by atoms with Gasteiger partial charge in [0.1, 0.15) is 5.78 Å². The van der Waals surface area contributed by atoms with Crippen molar-refractivity contribution in [2.45, 2.75) is 110 Å². The monoisotopic (exact) mass is 369 g/mol. The van der Waals surface area contributed by atoms with Gasteiger partial charge in [-0.15, -0.1) is 0 Å². The van der Waals surface area contributed by atoms with E-state index in [0.717, 1.165) is 25.7 Å². The maximum Gasteiger partial charge on any atom is 0.200 e. The molecule has 0 aliphatic carbocycles. The van der Waals surface area contributed by atoms with Gasteiger partial charge in [0.2, 0.25) is 0 Å². The summed E-state index contributed by atoms with van der Waals surface area (Å²) in [6.45, 7) is 16.1. The minimum atomic E-state index is -1.93. The molecule has 0 spiro atoms. The van der Waals surface area contributed by atoms with Gasteiger partial charge < -0.3 is 4.43 Å². The van der Waals surface area contributed by atoms with E-state index in [1.165, 1.54) is 0 Å². The van der Waals surface area contributed by atoms with Crippen LogP contribution in [0.2, 0.25) is 16.6 Å². The Labute approximate surface area is 155 Å². The van der Waals surface area contributed by atoms with E-state index in [2.05, 4.69) is 58.5 Å². The van der Waals surface area contributed by atoms with Crippen molar-refractivity contribution in [2.24, 2.45) is 5.11 Å². The van der Waals surface area contributed by atoms with E-state index >= 15 is 0 Å². The highest BCUT2D eigenvalue weighted by molar-refractivity contribution is 6.77. The van der Waals surface area contributed by atoms with Crippen molar-refractivity contribution < 1.29 is 9.22 Å². The van der Waals surface area contributed by atoms with Crippen LogP contribution in [0.15, 0.2) is 5.11 Å². The molecular weight excluding hydrogens is 330 g/mol. The SMILES string of the molecule is CCCCCCC(=O)[C@H](CCO[Si](C(C)C)(C(C)C)C(C)C)N=[N+]=[N-]. The van der Waals surface area contributed by atoms with Gasteiger partial charge in [0, 0.05) is 17.9 Å². The molecular formula is C19H39N3O2Si. The van der Waals surface area contributed by atoms with Crippen LogP contribution in [-0.2, 0) is 9.22 Å². The lowest BCUT2D eigenvalue weighted by Crippen LogP contribution is -2.48. The molecule has 0 bridgehead atoms. The van der Waals surface area contributed by atoms with Crippen LogP contribution in [0.4, 0.5) is 0 Å². The highest BCUT2D eigenvalue weighted by Gasteiger charge is 2.44. The summed E-state index contributed by atoms with van der Waals surface area (Å²) in [4.78, 5) is 15.2. The maximum absolute atomic E-state index is 12.3. The molecule has 0 fully saturated rings. The zero-order chi connectivity index (χ0) is 19.5. The van der Waals surface area contributed by atoms with Gasteiger partial charge in [0.05, 0.1) is 6.04 Å². The zero-order valence-corrected chi connectivity index (χ0v) is 18.4. The third-order valence-electron chi connectivity index (χ3n) is 5.29. The van der Waals surface area contributed by atoms with E-state index in [4.69, 9.17) is 9.96 Å². The molecule has 0 aromatic carbocycles. The minimum absolute atomic E-state index is 0.0587. The predicted molar refractivity (Wildman–Crippen MR) is 108 cm³/mol. The van der Waals surface area contributed by atoms with Gasteiger partial charge in [-0.2, -0.15) is 0 Å². The van der Waals surface area contributed by atoms with Crippen molar-refractivity contribution in [3.63, 3.8) is 0 Å². The van der Waals surface area contributed by atoms with Crippen LogP contribution in [0.5, 0.6) is 0 Å². The first-order valence-electron chi connectivity index (χ1n) is 9.94. The normalized spacial score (nSPS) is 13.4. The van der Waals surface area contributed by atoms with Crippen molar-refractivity contribution >= 4 is 14.1 Å². The summed E-state index contributed by atoms with van der Waals surface area (Å²) >= 11 is 0. The lowest BCUT2D eigenvalue weighted by atomic mass is 10.0. The van der Waals surface area contributed by atoms with Gasteiger partial charge in [0.15, 0.2) is 8.32 Å². The molecule has 0 aromatic heterocycles. The number of rotatable bonds is 14. The van der Waals surface area contributed by atoms with Crippen molar-refractivity contribution in [2.75, 3.05) is 6.61 Å². The minimum Gasteiger partial charge on any atom is -0.416 e. The maximum atomic E-state index is 12.3. The quantitative estimate of drug-likeness (QED) is 0.111. The average Bonchev–Trinajstić information content (AvgIpc) is 2.53. The van der Waals surface area contributed by atoms with Gasteiger partial charge >= 0.3 is 0 Å². The first-order chi connectivity index (χ1) is 11.7.